The molecule has 2 rings (SSSR count). The molecule has 0 radical (unpaired) electrons. The van der Waals surface area contributed by atoms with Crippen molar-refractivity contribution in [3.8, 4) is 0 Å². The summed E-state index contributed by atoms with van der Waals surface area (Å²) >= 11 is 0. The van der Waals surface area contributed by atoms with Gasteiger partial charge in [-0.1, -0.05) is 18.0 Å². The lowest BCUT2D eigenvalue weighted by molar-refractivity contribution is 0.389. The van der Waals surface area contributed by atoms with Gasteiger partial charge in [-0.3, -0.25) is 5.32 Å². The maximum absolute atomic E-state index is 5.98. The Balaban J connectivity index is 2.03. The molecule has 1 fully saturated rings. The largest absolute Gasteiger partial charge is 0.361 e. The van der Waals surface area contributed by atoms with Gasteiger partial charge in [-0.25, -0.2) is 0 Å². The number of nitrogens with two attached hydrogens (primary N) is 1. The molecule has 90 valence electrons. The number of rotatable bonds is 2. The molecule has 16 heavy (non-hydrogen) atoms. The fraction of sp³-hybridized carbons (Fsp3) is 0.750. The lowest BCUT2D eigenvalue weighted by atomic mass is 10.0. The maximum Gasteiger partial charge on any atom is 0.137 e. The van der Waals surface area contributed by atoms with Gasteiger partial charge >= 0.3 is 0 Å². The summed E-state index contributed by atoms with van der Waals surface area (Å²) in [6, 6.07) is 0.467. The molecular formula is C12H21N3O. The highest BCUT2D eigenvalue weighted by Gasteiger charge is 2.19. The second-order valence-corrected chi connectivity index (χ2v) is 4.76. The van der Waals surface area contributed by atoms with Crippen molar-refractivity contribution < 1.29 is 4.52 Å². The van der Waals surface area contributed by atoms with Crippen LogP contribution in [0.2, 0.25) is 0 Å². The van der Waals surface area contributed by atoms with Crippen molar-refractivity contribution in [3.63, 3.8) is 0 Å². The minimum Gasteiger partial charge on any atom is -0.361 e. The minimum atomic E-state index is 0.146. The summed E-state index contributed by atoms with van der Waals surface area (Å²) in [5, 5.41) is 7.47. The molecule has 0 bridgehead atoms. The van der Waals surface area contributed by atoms with Crippen molar-refractivity contribution >= 4 is 0 Å². The van der Waals surface area contributed by atoms with Crippen molar-refractivity contribution in [2.24, 2.45) is 5.73 Å². The molecule has 1 aliphatic rings. The summed E-state index contributed by atoms with van der Waals surface area (Å²) in [6.45, 7) is 3.98. The predicted molar refractivity (Wildman–Crippen MR) is 63.0 cm³/mol. The molecule has 1 aromatic rings. The highest BCUT2D eigenvalue weighted by molar-refractivity contribution is 5.22. The topological polar surface area (TPSA) is 64.1 Å². The molecule has 0 saturated carbocycles. The Labute approximate surface area is 96.6 Å². The Hall–Kier alpha value is -0.870. The first-order valence-corrected chi connectivity index (χ1v) is 6.10. The number of aromatic nitrogens is 1. The van der Waals surface area contributed by atoms with E-state index in [1.807, 2.05) is 13.8 Å². The Morgan fingerprint density at radius 1 is 1.38 bits per heavy atom. The predicted octanol–water partition coefficient (Wildman–Crippen LogP) is 1.65. The fourth-order valence-corrected chi connectivity index (χ4v) is 2.43. The molecule has 3 N–H and O–H groups in total. The molecule has 2 heterocycles. The Bertz CT molecular complexity index is 329. The van der Waals surface area contributed by atoms with E-state index in [1.54, 1.807) is 0 Å². The van der Waals surface area contributed by atoms with Gasteiger partial charge in [0.2, 0.25) is 0 Å². The van der Waals surface area contributed by atoms with E-state index in [1.165, 1.54) is 24.8 Å². The third-order valence-electron chi connectivity index (χ3n) is 3.40. The van der Waals surface area contributed by atoms with Crippen molar-refractivity contribution in [1.29, 1.82) is 0 Å². The third-order valence-corrected chi connectivity index (χ3v) is 3.40. The molecule has 4 nitrogen and oxygen atoms in total. The summed E-state index contributed by atoms with van der Waals surface area (Å²) in [5.74, 6) is 0.942. The maximum atomic E-state index is 5.98. The Morgan fingerprint density at radius 2 is 2.12 bits per heavy atom. The summed E-state index contributed by atoms with van der Waals surface area (Å²) < 4.78 is 5.19. The van der Waals surface area contributed by atoms with Gasteiger partial charge in [0.15, 0.2) is 0 Å². The number of hydrogen-bond donors (Lipinski definition) is 2. The standard InChI is InChI=1S/C12H21N3O/c1-8-11(9(2)16-15-8)7-10-5-3-4-6-12(13)14-10/h10,12,14H,3-7,13H2,1-2H3. The summed E-state index contributed by atoms with van der Waals surface area (Å²) in [7, 11) is 0. The summed E-state index contributed by atoms with van der Waals surface area (Å²) in [4.78, 5) is 0. The van der Waals surface area contributed by atoms with Crippen molar-refractivity contribution in [2.75, 3.05) is 0 Å². The van der Waals surface area contributed by atoms with Crippen LogP contribution >= 0.6 is 0 Å². The third kappa shape index (κ3) is 2.62. The Kier molecular flexibility index (Phi) is 3.61. The molecule has 4 heteroatoms. The molecule has 1 aromatic heterocycles. The number of aryl methyl sites for hydroxylation is 2. The monoisotopic (exact) mass is 223 g/mol. The minimum absolute atomic E-state index is 0.146. The van der Waals surface area contributed by atoms with E-state index >= 15 is 0 Å². The zero-order chi connectivity index (χ0) is 11.5. The Morgan fingerprint density at radius 3 is 2.81 bits per heavy atom. The summed E-state index contributed by atoms with van der Waals surface area (Å²) in [5.41, 5.74) is 8.23. The van der Waals surface area contributed by atoms with Crippen LogP contribution in [0.4, 0.5) is 0 Å². The van der Waals surface area contributed by atoms with Crippen LogP contribution in [0.3, 0.4) is 0 Å². The molecule has 1 saturated heterocycles. The van der Waals surface area contributed by atoms with E-state index in [2.05, 4.69) is 10.5 Å². The van der Waals surface area contributed by atoms with Crippen LogP contribution in [0, 0.1) is 13.8 Å². The molecule has 0 amide bonds. The average Bonchev–Trinajstić information content (AvgIpc) is 2.47. The van der Waals surface area contributed by atoms with Gasteiger partial charge in [0.1, 0.15) is 5.76 Å². The van der Waals surface area contributed by atoms with E-state index in [0.29, 0.717) is 6.04 Å². The van der Waals surface area contributed by atoms with Gasteiger partial charge in [0, 0.05) is 11.6 Å². The molecule has 0 aromatic carbocycles. The molecule has 0 aliphatic carbocycles. The van der Waals surface area contributed by atoms with E-state index in [-0.39, 0.29) is 6.17 Å². The second-order valence-electron chi connectivity index (χ2n) is 4.76. The van der Waals surface area contributed by atoms with Gasteiger partial charge in [0.25, 0.3) is 0 Å². The van der Waals surface area contributed by atoms with Crippen LogP contribution in [0.1, 0.15) is 42.7 Å². The first kappa shape index (κ1) is 11.6. The number of hydrogen-bond acceptors (Lipinski definition) is 4. The van der Waals surface area contributed by atoms with Crippen LogP contribution in [0.15, 0.2) is 4.52 Å². The smallest absolute Gasteiger partial charge is 0.137 e. The van der Waals surface area contributed by atoms with E-state index in [0.717, 1.165) is 24.3 Å². The van der Waals surface area contributed by atoms with Crippen LogP contribution < -0.4 is 11.1 Å². The van der Waals surface area contributed by atoms with Crippen LogP contribution in [0.25, 0.3) is 0 Å². The van der Waals surface area contributed by atoms with Gasteiger partial charge in [0.05, 0.1) is 11.9 Å². The number of nitrogens with one attached hydrogen (secondary N) is 1. The van der Waals surface area contributed by atoms with Crippen LogP contribution in [-0.2, 0) is 6.42 Å². The van der Waals surface area contributed by atoms with Crippen molar-refractivity contribution in [3.05, 3.63) is 17.0 Å². The van der Waals surface area contributed by atoms with E-state index < -0.39 is 0 Å². The van der Waals surface area contributed by atoms with Gasteiger partial charge in [-0.15, -0.1) is 0 Å². The lowest BCUT2D eigenvalue weighted by Gasteiger charge is -2.19. The molecule has 0 spiro atoms. The molecular weight excluding hydrogens is 202 g/mol. The van der Waals surface area contributed by atoms with Crippen molar-refractivity contribution in [1.82, 2.24) is 10.5 Å². The van der Waals surface area contributed by atoms with Crippen LogP contribution in [-0.4, -0.2) is 17.4 Å². The zero-order valence-corrected chi connectivity index (χ0v) is 10.1. The lowest BCUT2D eigenvalue weighted by Crippen LogP contribution is -2.43. The second kappa shape index (κ2) is 4.97. The quantitative estimate of drug-likeness (QED) is 0.800. The van der Waals surface area contributed by atoms with Gasteiger partial charge in [-0.2, -0.15) is 0 Å². The highest BCUT2D eigenvalue weighted by atomic mass is 16.5. The van der Waals surface area contributed by atoms with E-state index in [9.17, 15) is 0 Å². The highest BCUT2D eigenvalue weighted by Crippen LogP contribution is 2.19. The SMILES string of the molecule is Cc1noc(C)c1CC1CCCCC(N)N1. The van der Waals surface area contributed by atoms with Gasteiger partial charge in [-0.05, 0) is 33.1 Å². The summed E-state index contributed by atoms with van der Waals surface area (Å²) in [6.07, 6.45) is 5.89. The molecule has 2 unspecified atom stereocenters. The van der Waals surface area contributed by atoms with Crippen LogP contribution in [0.5, 0.6) is 0 Å². The van der Waals surface area contributed by atoms with Crippen molar-refractivity contribution in [2.45, 2.75) is 58.2 Å². The number of nitrogens with zero attached hydrogens (tertiary/aromatic N) is 1. The fourth-order valence-electron chi connectivity index (χ4n) is 2.43. The molecule has 2 atom stereocenters. The average molecular weight is 223 g/mol. The zero-order valence-electron chi connectivity index (χ0n) is 10.1. The molecule has 1 aliphatic heterocycles. The van der Waals surface area contributed by atoms with Gasteiger partial charge < -0.3 is 10.3 Å². The first-order valence-electron chi connectivity index (χ1n) is 6.10. The normalized spacial score (nSPS) is 26.7. The van der Waals surface area contributed by atoms with E-state index in [4.69, 9.17) is 10.3 Å². The first-order chi connectivity index (χ1) is 7.66.